The monoisotopic (exact) mass is 165 g/mol. The van der Waals surface area contributed by atoms with Crippen molar-refractivity contribution in [3.63, 3.8) is 0 Å². The van der Waals surface area contributed by atoms with Gasteiger partial charge in [-0.3, -0.25) is 4.68 Å². The molecule has 0 amide bonds. The van der Waals surface area contributed by atoms with Gasteiger partial charge in [0.2, 0.25) is 6.08 Å². The standard InChI is InChI=1S/C8H11N3O/c1-6(2)8-7(9-5-12)4-10-11(8)3/h4,6H,1-3H3. The van der Waals surface area contributed by atoms with Crippen LogP contribution in [0.4, 0.5) is 5.69 Å². The maximum absolute atomic E-state index is 10.0. The van der Waals surface area contributed by atoms with Crippen molar-refractivity contribution in [1.29, 1.82) is 0 Å². The van der Waals surface area contributed by atoms with Gasteiger partial charge in [-0.15, -0.1) is 0 Å². The van der Waals surface area contributed by atoms with E-state index in [2.05, 4.69) is 10.1 Å². The van der Waals surface area contributed by atoms with Gasteiger partial charge in [-0.2, -0.15) is 10.1 Å². The molecule has 1 aromatic rings. The second-order valence-corrected chi connectivity index (χ2v) is 2.90. The zero-order chi connectivity index (χ0) is 9.14. The number of carbonyl (C=O) groups excluding carboxylic acids is 1. The average Bonchev–Trinajstić information content (AvgIpc) is 2.32. The van der Waals surface area contributed by atoms with Gasteiger partial charge >= 0.3 is 0 Å². The van der Waals surface area contributed by atoms with E-state index in [9.17, 15) is 4.79 Å². The highest BCUT2D eigenvalue weighted by Crippen LogP contribution is 2.24. The molecule has 0 radical (unpaired) electrons. The van der Waals surface area contributed by atoms with Crippen LogP contribution in [0.2, 0.25) is 0 Å². The molecule has 0 atom stereocenters. The molecule has 64 valence electrons. The first kappa shape index (κ1) is 8.68. The fraction of sp³-hybridized carbons (Fsp3) is 0.500. The minimum Gasteiger partial charge on any atom is -0.270 e. The third-order valence-electron chi connectivity index (χ3n) is 1.68. The summed E-state index contributed by atoms with van der Waals surface area (Å²) in [5.74, 6) is 0.310. The van der Waals surface area contributed by atoms with E-state index >= 15 is 0 Å². The summed E-state index contributed by atoms with van der Waals surface area (Å²) in [6, 6.07) is 0. The van der Waals surface area contributed by atoms with Crippen LogP contribution in [0.25, 0.3) is 0 Å². The first-order valence-corrected chi connectivity index (χ1v) is 3.76. The molecule has 4 nitrogen and oxygen atoms in total. The summed E-state index contributed by atoms with van der Waals surface area (Å²) < 4.78 is 1.72. The summed E-state index contributed by atoms with van der Waals surface area (Å²) in [5.41, 5.74) is 1.57. The van der Waals surface area contributed by atoms with Crippen molar-refractivity contribution >= 4 is 11.8 Å². The lowest BCUT2D eigenvalue weighted by molar-refractivity contribution is 0.565. The third kappa shape index (κ3) is 1.43. The van der Waals surface area contributed by atoms with E-state index in [0.717, 1.165) is 5.69 Å². The van der Waals surface area contributed by atoms with Crippen molar-refractivity contribution in [3.05, 3.63) is 11.9 Å². The molecular weight excluding hydrogens is 154 g/mol. The Morgan fingerprint density at radius 1 is 1.67 bits per heavy atom. The molecule has 1 heterocycles. The van der Waals surface area contributed by atoms with Crippen molar-refractivity contribution in [2.75, 3.05) is 0 Å². The number of aryl methyl sites for hydroxylation is 1. The maximum atomic E-state index is 10.0. The van der Waals surface area contributed by atoms with Crippen molar-refractivity contribution in [1.82, 2.24) is 9.78 Å². The lowest BCUT2D eigenvalue weighted by Gasteiger charge is -2.05. The highest BCUT2D eigenvalue weighted by atomic mass is 16.1. The van der Waals surface area contributed by atoms with E-state index in [1.807, 2.05) is 20.9 Å². The predicted octanol–water partition coefficient (Wildman–Crippen LogP) is 1.51. The van der Waals surface area contributed by atoms with Crippen LogP contribution in [0.5, 0.6) is 0 Å². The number of isocyanates is 1. The smallest absolute Gasteiger partial charge is 0.240 e. The maximum Gasteiger partial charge on any atom is 0.240 e. The summed E-state index contributed by atoms with van der Waals surface area (Å²) in [6.45, 7) is 4.06. The quantitative estimate of drug-likeness (QED) is 0.492. The Morgan fingerprint density at radius 2 is 2.33 bits per heavy atom. The molecule has 0 spiro atoms. The lowest BCUT2D eigenvalue weighted by Crippen LogP contribution is -1.99. The molecule has 0 N–H and O–H groups in total. The normalized spacial score (nSPS) is 10.0. The molecule has 0 fully saturated rings. The topological polar surface area (TPSA) is 47.2 Å². The fourth-order valence-electron chi connectivity index (χ4n) is 1.24. The summed E-state index contributed by atoms with van der Waals surface area (Å²) in [7, 11) is 1.83. The number of hydrogen-bond donors (Lipinski definition) is 0. The first-order chi connectivity index (χ1) is 5.66. The molecule has 12 heavy (non-hydrogen) atoms. The van der Waals surface area contributed by atoms with Crippen molar-refractivity contribution in [2.45, 2.75) is 19.8 Å². The molecular formula is C8H11N3O. The van der Waals surface area contributed by atoms with Gasteiger partial charge in [0.25, 0.3) is 0 Å². The minimum atomic E-state index is 0.310. The molecule has 1 aromatic heterocycles. The molecule has 0 aliphatic rings. The van der Waals surface area contributed by atoms with Gasteiger partial charge in [0.15, 0.2) is 0 Å². The van der Waals surface area contributed by atoms with Crippen LogP contribution in [-0.2, 0) is 11.8 Å². The predicted molar refractivity (Wildman–Crippen MR) is 45.1 cm³/mol. The van der Waals surface area contributed by atoms with Crippen LogP contribution in [0, 0.1) is 0 Å². The molecule has 0 aromatic carbocycles. The second-order valence-electron chi connectivity index (χ2n) is 2.90. The Hall–Kier alpha value is -1.41. The van der Waals surface area contributed by atoms with Gasteiger partial charge in [0, 0.05) is 7.05 Å². The van der Waals surface area contributed by atoms with Gasteiger partial charge in [-0.1, -0.05) is 13.8 Å². The van der Waals surface area contributed by atoms with E-state index in [0.29, 0.717) is 11.6 Å². The van der Waals surface area contributed by atoms with Crippen molar-refractivity contribution in [2.24, 2.45) is 12.0 Å². The Kier molecular flexibility index (Phi) is 2.41. The molecule has 0 aliphatic carbocycles. The average molecular weight is 165 g/mol. The van der Waals surface area contributed by atoms with Crippen LogP contribution in [-0.4, -0.2) is 15.9 Å². The van der Waals surface area contributed by atoms with Gasteiger partial charge < -0.3 is 0 Å². The molecule has 1 rings (SSSR count). The van der Waals surface area contributed by atoms with E-state index < -0.39 is 0 Å². The number of nitrogens with zero attached hydrogens (tertiary/aromatic N) is 3. The molecule has 0 saturated carbocycles. The summed E-state index contributed by atoms with van der Waals surface area (Å²) in [5, 5.41) is 4.00. The summed E-state index contributed by atoms with van der Waals surface area (Å²) in [4.78, 5) is 13.6. The Balaban J connectivity index is 3.21. The van der Waals surface area contributed by atoms with Gasteiger partial charge in [0.05, 0.1) is 11.9 Å². The Labute approximate surface area is 70.9 Å². The van der Waals surface area contributed by atoms with Gasteiger partial charge in [0.1, 0.15) is 5.69 Å². The summed E-state index contributed by atoms with van der Waals surface area (Å²) >= 11 is 0. The molecule has 0 unspecified atom stereocenters. The van der Waals surface area contributed by atoms with Crippen LogP contribution in [0.15, 0.2) is 11.2 Å². The molecule has 0 aliphatic heterocycles. The highest BCUT2D eigenvalue weighted by Gasteiger charge is 2.10. The Morgan fingerprint density at radius 3 is 2.83 bits per heavy atom. The van der Waals surface area contributed by atoms with E-state index in [-0.39, 0.29) is 0 Å². The Bertz CT molecular complexity index is 321. The number of aliphatic imine (C=N–C) groups is 1. The van der Waals surface area contributed by atoms with E-state index in [1.54, 1.807) is 10.9 Å². The third-order valence-corrected chi connectivity index (χ3v) is 1.68. The molecule has 4 heteroatoms. The number of hydrogen-bond acceptors (Lipinski definition) is 3. The summed E-state index contributed by atoms with van der Waals surface area (Å²) in [6.07, 6.45) is 3.08. The van der Waals surface area contributed by atoms with Crippen molar-refractivity contribution in [3.8, 4) is 0 Å². The van der Waals surface area contributed by atoms with Crippen molar-refractivity contribution < 1.29 is 4.79 Å². The van der Waals surface area contributed by atoms with E-state index in [1.165, 1.54) is 6.08 Å². The van der Waals surface area contributed by atoms with Crippen LogP contribution >= 0.6 is 0 Å². The largest absolute Gasteiger partial charge is 0.270 e. The first-order valence-electron chi connectivity index (χ1n) is 3.76. The van der Waals surface area contributed by atoms with Crippen LogP contribution in [0.3, 0.4) is 0 Å². The zero-order valence-corrected chi connectivity index (χ0v) is 7.40. The minimum absolute atomic E-state index is 0.310. The number of aromatic nitrogens is 2. The second kappa shape index (κ2) is 3.32. The molecule has 0 bridgehead atoms. The van der Waals surface area contributed by atoms with Gasteiger partial charge in [-0.05, 0) is 5.92 Å². The highest BCUT2D eigenvalue weighted by molar-refractivity contribution is 5.51. The zero-order valence-electron chi connectivity index (χ0n) is 7.40. The lowest BCUT2D eigenvalue weighted by atomic mass is 10.1. The molecule has 0 saturated heterocycles. The van der Waals surface area contributed by atoms with E-state index in [4.69, 9.17) is 0 Å². The van der Waals surface area contributed by atoms with Crippen LogP contribution < -0.4 is 0 Å². The van der Waals surface area contributed by atoms with Gasteiger partial charge in [-0.25, -0.2) is 4.79 Å². The SMILES string of the molecule is CC(C)c1c(N=C=O)cnn1C. The number of rotatable bonds is 2. The fourth-order valence-corrected chi connectivity index (χ4v) is 1.24. The van der Waals surface area contributed by atoms with Crippen LogP contribution in [0.1, 0.15) is 25.5 Å².